The Labute approximate surface area is 157 Å². The fraction of sp³-hybridized carbons (Fsp3) is 0.250. The molecule has 7 nitrogen and oxygen atoms in total. The molecule has 3 rings (SSSR count). The Morgan fingerprint density at radius 1 is 1.04 bits per heavy atom. The van der Waals surface area contributed by atoms with Gasteiger partial charge in [-0.05, 0) is 43.3 Å². The number of hydrogen-bond donors (Lipinski definition) is 4. The molecular formula is C20H22N4O3. The second-order valence-corrected chi connectivity index (χ2v) is 6.45. The third-order valence-electron chi connectivity index (χ3n) is 4.23. The zero-order valence-corrected chi connectivity index (χ0v) is 15.0. The SMILES string of the molecule is Cc1cccc(C(=O)Nc2ccc(NC(=O)CC3NCCNC3=O)cc2)c1. The Hall–Kier alpha value is -3.19. The number of piperazine rings is 1. The topological polar surface area (TPSA) is 99.3 Å². The predicted molar refractivity (Wildman–Crippen MR) is 104 cm³/mol. The molecule has 0 spiro atoms. The molecule has 1 aliphatic heterocycles. The number of carbonyl (C=O) groups excluding carboxylic acids is 3. The molecule has 2 aromatic rings. The van der Waals surface area contributed by atoms with Crippen molar-refractivity contribution in [1.82, 2.24) is 10.6 Å². The van der Waals surface area contributed by atoms with Gasteiger partial charge in [-0.25, -0.2) is 0 Å². The third kappa shape index (κ3) is 5.15. The number of anilines is 2. The van der Waals surface area contributed by atoms with Crippen molar-refractivity contribution in [3.63, 3.8) is 0 Å². The minimum atomic E-state index is -0.508. The summed E-state index contributed by atoms with van der Waals surface area (Å²) in [6, 6.07) is 13.7. The van der Waals surface area contributed by atoms with Crippen LogP contribution in [0.1, 0.15) is 22.3 Å². The normalized spacial score (nSPS) is 16.3. The fourth-order valence-electron chi connectivity index (χ4n) is 2.84. The summed E-state index contributed by atoms with van der Waals surface area (Å²) in [4.78, 5) is 36.0. The maximum atomic E-state index is 12.3. The minimum Gasteiger partial charge on any atom is -0.353 e. The number of aryl methyl sites for hydroxylation is 1. The van der Waals surface area contributed by atoms with Gasteiger partial charge in [-0.15, -0.1) is 0 Å². The van der Waals surface area contributed by atoms with E-state index in [1.807, 2.05) is 25.1 Å². The summed E-state index contributed by atoms with van der Waals surface area (Å²) >= 11 is 0. The van der Waals surface area contributed by atoms with E-state index >= 15 is 0 Å². The van der Waals surface area contributed by atoms with Crippen LogP contribution in [-0.2, 0) is 9.59 Å². The zero-order valence-electron chi connectivity index (χ0n) is 15.0. The molecule has 140 valence electrons. The first-order valence-corrected chi connectivity index (χ1v) is 8.80. The van der Waals surface area contributed by atoms with Crippen molar-refractivity contribution in [2.24, 2.45) is 0 Å². The second kappa shape index (κ2) is 8.46. The Morgan fingerprint density at radius 3 is 2.41 bits per heavy atom. The molecule has 0 saturated carbocycles. The zero-order chi connectivity index (χ0) is 19.2. The van der Waals surface area contributed by atoms with Crippen LogP contribution < -0.4 is 21.3 Å². The maximum absolute atomic E-state index is 12.3. The summed E-state index contributed by atoms with van der Waals surface area (Å²) in [6.07, 6.45) is 0.0671. The van der Waals surface area contributed by atoms with Gasteiger partial charge in [-0.2, -0.15) is 0 Å². The van der Waals surface area contributed by atoms with Gasteiger partial charge in [-0.3, -0.25) is 14.4 Å². The number of rotatable bonds is 5. The average molecular weight is 366 g/mol. The maximum Gasteiger partial charge on any atom is 0.255 e. The lowest BCUT2D eigenvalue weighted by molar-refractivity contribution is -0.127. The van der Waals surface area contributed by atoms with Crippen molar-refractivity contribution in [3.8, 4) is 0 Å². The molecule has 1 saturated heterocycles. The Kier molecular flexibility index (Phi) is 5.83. The van der Waals surface area contributed by atoms with Crippen LogP contribution in [0, 0.1) is 6.92 Å². The van der Waals surface area contributed by atoms with Gasteiger partial charge in [0, 0.05) is 30.0 Å². The van der Waals surface area contributed by atoms with E-state index in [1.165, 1.54) is 0 Å². The molecule has 7 heteroatoms. The number of benzene rings is 2. The van der Waals surface area contributed by atoms with Gasteiger partial charge in [-0.1, -0.05) is 17.7 Å². The molecular weight excluding hydrogens is 344 g/mol. The van der Waals surface area contributed by atoms with Gasteiger partial charge >= 0.3 is 0 Å². The largest absolute Gasteiger partial charge is 0.353 e. The predicted octanol–water partition coefficient (Wildman–Crippen LogP) is 1.66. The van der Waals surface area contributed by atoms with Crippen LogP contribution in [0.5, 0.6) is 0 Å². The molecule has 4 N–H and O–H groups in total. The van der Waals surface area contributed by atoms with Crippen LogP contribution in [0.4, 0.5) is 11.4 Å². The van der Waals surface area contributed by atoms with Gasteiger partial charge < -0.3 is 21.3 Å². The number of nitrogens with one attached hydrogen (secondary N) is 4. The number of carbonyl (C=O) groups is 3. The lowest BCUT2D eigenvalue weighted by atomic mass is 10.1. The van der Waals surface area contributed by atoms with E-state index in [2.05, 4.69) is 21.3 Å². The Bertz CT molecular complexity index is 849. The van der Waals surface area contributed by atoms with Crippen LogP contribution >= 0.6 is 0 Å². The first-order chi connectivity index (χ1) is 13.0. The van der Waals surface area contributed by atoms with Gasteiger partial charge in [0.1, 0.15) is 0 Å². The van der Waals surface area contributed by atoms with Crippen molar-refractivity contribution in [2.75, 3.05) is 23.7 Å². The Balaban J connectivity index is 1.54. The van der Waals surface area contributed by atoms with Crippen LogP contribution in [-0.4, -0.2) is 36.9 Å². The van der Waals surface area contributed by atoms with Crippen LogP contribution in [0.2, 0.25) is 0 Å². The van der Waals surface area contributed by atoms with Gasteiger partial charge in [0.05, 0.1) is 12.5 Å². The highest BCUT2D eigenvalue weighted by atomic mass is 16.2. The van der Waals surface area contributed by atoms with Crippen molar-refractivity contribution >= 4 is 29.1 Å². The van der Waals surface area contributed by atoms with Crippen LogP contribution in [0.3, 0.4) is 0 Å². The molecule has 1 atom stereocenters. The summed E-state index contributed by atoms with van der Waals surface area (Å²) in [5.74, 6) is -0.600. The van der Waals surface area contributed by atoms with E-state index in [4.69, 9.17) is 0 Å². The highest BCUT2D eigenvalue weighted by Crippen LogP contribution is 2.15. The average Bonchev–Trinajstić information content (AvgIpc) is 2.65. The van der Waals surface area contributed by atoms with Crippen molar-refractivity contribution < 1.29 is 14.4 Å². The molecule has 0 radical (unpaired) electrons. The molecule has 1 heterocycles. The summed E-state index contributed by atoms with van der Waals surface area (Å²) in [7, 11) is 0. The van der Waals surface area contributed by atoms with E-state index in [9.17, 15) is 14.4 Å². The standard InChI is InChI=1S/C20H22N4O3/c1-13-3-2-4-14(11-13)19(26)24-16-7-5-15(6-8-16)23-18(25)12-17-20(27)22-10-9-21-17/h2-8,11,17,21H,9-10,12H2,1H3,(H,22,27)(H,23,25)(H,24,26). The van der Waals surface area contributed by atoms with E-state index in [0.29, 0.717) is 30.0 Å². The van der Waals surface area contributed by atoms with Crippen molar-refractivity contribution in [2.45, 2.75) is 19.4 Å². The monoisotopic (exact) mass is 366 g/mol. The highest BCUT2D eigenvalue weighted by molar-refractivity contribution is 6.04. The van der Waals surface area contributed by atoms with Gasteiger partial charge in [0.25, 0.3) is 5.91 Å². The lowest BCUT2D eigenvalue weighted by Crippen LogP contribution is -2.53. The molecule has 3 amide bonds. The second-order valence-electron chi connectivity index (χ2n) is 6.45. The summed E-state index contributed by atoms with van der Waals surface area (Å²) in [5, 5.41) is 11.3. The smallest absolute Gasteiger partial charge is 0.255 e. The number of amides is 3. The Morgan fingerprint density at radius 2 is 1.74 bits per heavy atom. The van der Waals surface area contributed by atoms with Crippen molar-refractivity contribution in [3.05, 3.63) is 59.7 Å². The molecule has 0 bridgehead atoms. The first kappa shape index (κ1) is 18.6. The van der Waals surface area contributed by atoms with Crippen molar-refractivity contribution in [1.29, 1.82) is 0 Å². The van der Waals surface area contributed by atoms with Gasteiger partial charge in [0.2, 0.25) is 11.8 Å². The van der Waals surface area contributed by atoms with Gasteiger partial charge in [0.15, 0.2) is 0 Å². The summed E-state index contributed by atoms with van der Waals surface area (Å²) < 4.78 is 0. The summed E-state index contributed by atoms with van der Waals surface area (Å²) in [5.41, 5.74) is 2.84. The highest BCUT2D eigenvalue weighted by Gasteiger charge is 2.23. The molecule has 0 aromatic heterocycles. The molecule has 2 aromatic carbocycles. The molecule has 1 unspecified atom stereocenters. The first-order valence-electron chi connectivity index (χ1n) is 8.80. The molecule has 0 aliphatic carbocycles. The van der Waals surface area contributed by atoms with E-state index in [1.54, 1.807) is 30.3 Å². The fourth-order valence-corrected chi connectivity index (χ4v) is 2.84. The van der Waals surface area contributed by atoms with Crippen LogP contribution in [0.25, 0.3) is 0 Å². The van der Waals surface area contributed by atoms with E-state index in [0.717, 1.165) is 5.56 Å². The molecule has 1 aliphatic rings. The quantitative estimate of drug-likeness (QED) is 0.647. The minimum absolute atomic E-state index is 0.0671. The summed E-state index contributed by atoms with van der Waals surface area (Å²) in [6.45, 7) is 3.16. The third-order valence-corrected chi connectivity index (χ3v) is 4.23. The van der Waals surface area contributed by atoms with Crippen LogP contribution in [0.15, 0.2) is 48.5 Å². The lowest BCUT2D eigenvalue weighted by Gasteiger charge is -2.22. The van der Waals surface area contributed by atoms with E-state index in [-0.39, 0.29) is 24.1 Å². The number of hydrogen-bond acceptors (Lipinski definition) is 4. The molecule has 1 fully saturated rings. The molecule has 27 heavy (non-hydrogen) atoms. The van der Waals surface area contributed by atoms with E-state index < -0.39 is 6.04 Å².